The van der Waals surface area contributed by atoms with Crippen LogP contribution in [0.3, 0.4) is 0 Å². The molecule has 0 spiro atoms. The van der Waals surface area contributed by atoms with E-state index in [-0.39, 0.29) is 41.2 Å². The number of allylic oxidation sites excluding steroid dienone is 2. The van der Waals surface area contributed by atoms with Crippen molar-refractivity contribution >= 4 is 23.2 Å². The fourth-order valence-corrected chi connectivity index (χ4v) is 4.27. The Morgan fingerprint density at radius 2 is 1.95 bits per heavy atom. The van der Waals surface area contributed by atoms with Crippen molar-refractivity contribution in [2.45, 2.75) is 13.3 Å². The van der Waals surface area contributed by atoms with Gasteiger partial charge in [-0.3, -0.25) is 19.7 Å². The average molecular weight is 298 g/mol. The Balaban J connectivity index is 1.74. The van der Waals surface area contributed by atoms with Crippen molar-refractivity contribution in [2.24, 2.45) is 23.7 Å². The minimum atomic E-state index is -0.523. The minimum Gasteiger partial charge on any atom is -0.274 e. The quantitative estimate of drug-likeness (QED) is 0.363. The standard InChI is InChI=1S/C16H14N2O4/c1-8-5-9-6-12(8)14-13(9)15(19)17(16(14)20)10-3-2-4-11(7-10)18(21)22/h2-5,7,9,12-14H,6H2,1H3/t9-,12+,13+,14+/m0/s1. The molecule has 0 radical (unpaired) electrons. The Bertz CT molecular complexity index is 754. The van der Waals surface area contributed by atoms with Crippen LogP contribution in [0.4, 0.5) is 11.4 Å². The van der Waals surface area contributed by atoms with E-state index >= 15 is 0 Å². The number of nitro benzene ring substituents is 1. The zero-order valence-corrected chi connectivity index (χ0v) is 11.9. The Kier molecular flexibility index (Phi) is 2.55. The summed E-state index contributed by atoms with van der Waals surface area (Å²) in [6.07, 6.45) is 2.98. The average Bonchev–Trinajstić information content (AvgIpc) is 3.10. The second-order valence-corrected chi connectivity index (χ2v) is 6.26. The minimum absolute atomic E-state index is 0.118. The molecular formula is C16H14N2O4. The predicted octanol–water partition coefficient (Wildman–Crippen LogP) is 2.30. The molecule has 1 saturated heterocycles. The normalized spacial score (nSPS) is 32.4. The van der Waals surface area contributed by atoms with Gasteiger partial charge < -0.3 is 0 Å². The Labute approximate surface area is 126 Å². The molecule has 1 aromatic carbocycles. The molecule has 2 amide bonds. The van der Waals surface area contributed by atoms with E-state index in [2.05, 4.69) is 6.08 Å². The first kappa shape index (κ1) is 13.2. The Morgan fingerprint density at radius 3 is 2.68 bits per heavy atom. The molecule has 2 bridgehead atoms. The lowest BCUT2D eigenvalue weighted by atomic mass is 9.82. The number of carbonyl (C=O) groups is 2. The third-order valence-corrected chi connectivity index (χ3v) is 5.18. The summed E-state index contributed by atoms with van der Waals surface area (Å²) in [5.41, 5.74) is 1.37. The zero-order valence-electron chi connectivity index (χ0n) is 11.9. The topological polar surface area (TPSA) is 80.5 Å². The maximum atomic E-state index is 12.7. The summed E-state index contributed by atoms with van der Waals surface area (Å²) in [5, 5.41) is 10.9. The van der Waals surface area contributed by atoms with E-state index in [0.29, 0.717) is 5.69 Å². The number of carbonyl (C=O) groups excluding carboxylic acids is 2. The highest BCUT2D eigenvalue weighted by molar-refractivity contribution is 6.23. The molecule has 0 unspecified atom stereocenters. The molecule has 112 valence electrons. The van der Waals surface area contributed by atoms with Crippen molar-refractivity contribution in [3.8, 4) is 0 Å². The van der Waals surface area contributed by atoms with E-state index in [0.717, 1.165) is 11.3 Å². The predicted molar refractivity (Wildman–Crippen MR) is 77.9 cm³/mol. The molecule has 0 N–H and O–H groups in total. The van der Waals surface area contributed by atoms with Crippen LogP contribution in [0.1, 0.15) is 13.3 Å². The van der Waals surface area contributed by atoms with Crippen molar-refractivity contribution in [2.75, 3.05) is 4.90 Å². The molecule has 2 aliphatic carbocycles. The van der Waals surface area contributed by atoms with Crippen LogP contribution in [0.2, 0.25) is 0 Å². The first-order chi connectivity index (χ1) is 10.5. The first-order valence-corrected chi connectivity index (χ1v) is 7.29. The van der Waals surface area contributed by atoms with Crippen molar-refractivity contribution in [3.63, 3.8) is 0 Å². The zero-order chi connectivity index (χ0) is 15.6. The van der Waals surface area contributed by atoms with Gasteiger partial charge in [-0.15, -0.1) is 0 Å². The van der Waals surface area contributed by atoms with E-state index in [1.807, 2.05) is 6.92 Å². The number of hydrogen-bond acceptors (Lipinski definition) is 4. The van der Waals surface area contributed by atoms with E-state index in [9.17, 15) is 19.7 Å². The second-order valence-electron chi connectivity index (χ2n) is 6.26. The number of nitro groups is 1. The lowest BCUT2D eigenvalue weighted by Gasteiger charge is -2.19. The smallest absolute Gasteiger partial charge is 0.271 e. The number of benzene rings is 1. The van der Waals surface area contributed by atoms with Crippen molar-refractivity contribution < 1.29 is 14.5 Å². The first-order valence-electron chi connectivity index (χ1n) is 7.29. The van der Waals surface area contributed by atoms with Crippen LogP contribution in [-0.2, 0) is 9.59 Å². The van der Waals surface area contributed by atoms with Gasteiger partial charge in [0.15, 0.2) is 0 Å². The molecule has 4 rings (SSSR count). The molecule has 2 fully saturated rings. The number of anilines is 1. The number of hydrogen-bond donors (Lipinski definition) is 0. The molecule has 6 nitrogen and oxygen atoms in total. The largest absolute Gasteiger partial charge is 0.274 e. The van der Waals surface area contributed by atoms with E-state index in [1.54, 1.807) is 6.07 Å². The Morgan fingerprint density at radius 1 is 1.23 bits per heavy atom. The number of rotatable bonds is 2. The molecule has 4 atom stereocenters. The van der Waals surface area contributed by atoms with Crippen LogP contribution in [0.25, 0.3) is 0 Å². The Hall–Kier alpha value is -2.50. The summed E-state index contributed by atoms with van der Waals surface area (Å²) in [6.45, 7) is 2.01. The van der Waals surface area contributed by atoms with Gasteiger partial charge in [0.25, 0.3) is 5.69 Å². The van der Waals surface area contributed by atoms with Crippen molar-refractivity contribution in [1.82, 2.24) is 0 Å². The summed E-state index contributed by atoms with van der Waals surface area (Å²) in [7, 11) is 0. The molecule has 22 heavy (non-hydrogen) atoms. The highest BCUT2D eigenvalue weighted by Crippen LogP contribution is 2.55. The number of amides is 2. The van der Waals surface area contributed by atoms with Gasteiger partial charge in [-0.25, -0.2) is 4.90 Å². The molecule has 1 heterocycles. The van der Waals surface area contributed by atoms with Crippen molar-refractivity contribution in [1.29, 1.82) is 0 Å². The maximum Gasteiger partial charge on any atom is 0.271 e. The molecule has 0 aromatic heterocycles. The van der Waals surface area contributed by atoms with Crippen LogP contribution >= 0.6 is 0 Å². The highest BCUT2D eigenvalue weighted by Gasteiger charge is 2.60. The fraction of sp³-hybridized carbons (Fsp3) is 0.375. The SMILES string of the molecule is CC1=C[C@H]2C[C@H]1[C@H]1C(=O)N(c3cccc([N+](=O)[O-])c3)C(=O)[C@@H]12. The van der Waals surface area contributed by atoms with Gasteiger partial charge in [-0.1, -0.05) is 17.7 Å². The van der Waals surface area contributed by atoms with Crippen LogP contribution in [0, 0.1) is 33.8 Å². The third-order valence-electron chi connectivity index (χ3n) is 5.18. The van der Waals surface area contributed by atoms with Crippen LogP contribution in [0.5, 0.6) is 0 Å². The third kappa shape index (κ3) is 1.55. The number of non-ortho nitro benzene ring substituents is 1. The number of imide groups is 1. The summed E-state index contributed by atoms with van der Waals surface area (Å²) in [5.74, 6) is -0.727. The van der Waals surface area contributed by atoms with Crippen LogP contribution in [0.15, 0.2) is 35.9 Å². The van der Waals surface area contributed by atoms with Gasteiger partial charge >= 0.3 is 0 Å². The van der Waals surface area contributed by atoms with Gasteiger partial charge in [0.1, 0.15) is 0 Å². The van der Waals surface area contributed by atoms with Gasteiger partial charge in [0.2, 0.25) is 11.8 Å². The number of nitrogens with zero attached hydrogens (tertiary/aromatic N) is 2. The second kappa shape index (κ2) is 4.25. The molecular weight excluding hydrogens is 284 g/mol. The van der Waals surface area contributed by atoms with Gasteiger partial charge in [0.05, 0.1) is 22.4 Å². The van der Waals surface area contributed by atoms with Crippen molar-refractivity contribution in [3.05, 3.63) is 46.0 Å². The fourth-order valence-electron chi connectivity index (χ4n) is 4.27. The molecule has 1 aliphatic heterocycles. The molecule has 3 aliphatic rings. The maximum absolute atomic E-state index is 12.7. The summed E-state index contributed by atoms with van der Waals surface area (Å²) < 4.78 is 0. The van der Waals surface area contributed by atoms with E-state index < -0.39 is 4.92 Å². The lowest BCUT2D eigenvalue weighted by Crippen LogP contribution is -2.32. The summed E-state index contributed by atoms with van der Waals surface area (Å²) in [6, 6.07) is 5.72. The monoisotopic (exact) mass is 298 g/mol. The van der Waals surface area contributed by atoms with E-state index in [1.165, 1.54) is 23.8 Å². The van der Waals surface area contributed by atoms with E-state index in [4.69, 9.17) is 0 Å². The molecule has 1 aromatic rings. The summed E-state index contributed by atoms with van der Waals surface area (Å²) >= 11 is 0. The lowest BCUT2D eigenvalue weighted by molar-refractivity contribution is -0.384. The summed E-state index contributed by atoms with van der Waals surface area (Å²) in [4.78, 5) is 36.9. The molecule has 1 saturated carbocycles. The van der Waals surface area contributed by atoms with Gasteiger partial charge in [-0.2, -0.15) is 0 Å². The van der Waals surface area contributed by atoms with Gasteiger partial charge in [0, 0.05) is 12.1 Å². The van der Waals surface area contributed by atoms with Crippen LogP contribution in [-0.4, -0.2) is 16.7 Å². The van der Waals surface area contributed by atoms with Gasteiger partial charge in [-0.05, 0) is 31.2 Å². The highest BCUT2D eigenvalue weighted by atomic mass is 16.6. The van der Waals surface area contributed by atoms with Crippen LogP contribution < -0.4 is 4.90 Å². The molecule has 6 heteroatoms. The number of fused-ring (bicyclic) bond motifs is 5.